The molecule has 0 fully saturated rings. The van der Waals surface area contributed by atoms with Gasteiger partial charge in [0.15, 0.2) is 11.9 Å². The van der Waals surface area contributed by atoms with E-state index in [1.807, 2.05) is 13.8 Å². The number of aryl methyl sites for hydroxylation is 2. The molecule has 0 radical (unpaired) electrons. The molecule has 3 heterocycles. The molecule has 0 unspecified atom stereocenters. The lowest BCUT2D eigenvalue weighted by Gasteiger charge is -2.25. The van der Waals surface area contributed by atoms with Crippen LogP contribution in [0.5, 0.6) is 5.75 Å². The summed E-state index contributed by atoms with van der Waals surface area (Å²) >= 11 is 7.49. The third-order valence-corrected chi connectivity index (χ3v) is 6.33. The van der Waals surface area contributed by atoms with Crippen molar-refractivity contribution in [1.82, 2.24) is 9.97 Å². The van der Waals surface area contributed by atoms with E-state index in [2.05, 4.69) is 9.97 Å². The van der Waals surface area contributed by atoms with E-state index < -0.39 is 12.0 Å². The SMILES string of the molecule is Cc1sc2nc([C@@H](C)OC(=O)[C@@H]3COc4ccc(Cl)cc4C3)[nH]c(=O)c2c1C. The minimum absolute atomic E-state index is 0.214. The highest BCUT2D eigenvalue weighted by Crippen LogP contribution is 2.31. The normalized spacial score (nSPS) is 17.1. The Hall–Kier alpha value is -2.38. The standard InChI is InChI=1S/C20H19ClN2O4S/c1-9-11(3)28-19-16(9)18(24)22-17(23-19)10(2)27-20(25)13-6-12-7-14(21)4-5-15(12)26-8-13/h4-5,7,10,13H,6,8H2,1-3H3,(H,22,23,24)/t10-,13+/m1/s1. The van der Waals surface area contributed by atoms with Crippen LogP contribution in [-0.2, 0) is 16.0 Å². The summed E-state index contributed by atoms with van der Waals surface area (Å²) in [4.78, 5) is 34.0. The molecule has 2 atom stereocenters. The van der Waals surface area contributed by atoms with E-state index in [4.69, 9.17) is 21.1 Å². The number of thiophene rings is 1. The van der Waals surface area contributed by atoms with Crippen LogP contribution < -0.4 is 10.3 Å². The van der Waals surface area contributed by atoms with Crippen molar-refractivity contribution in [2.75, 3.05) is 6.61 Å². The number of aromatic nitrogens is 2. The van der Waals surface area contributed by atoms with E-state index in [1.165, 1.54) is 11.3 Å². The predicted octanol–water partition coefficient (Wildman–Crippen LogP) is 4.11. The lowest BCUT2D eigenvalue weighted by molar-refractivity contribution is -0.155. The molecule has 4 rings (SSSR count). The van der Waals surface area contributed by atoms with Gasteiger partial charge < -0.3 is 14.5 Å². The summed E-state index contributed by atoms with van der Waals surface area (Å²) < 4.78 is 11.2. The van der Waals surface area contributed by atoms with Gasteiger partial charge in [0, 0.05) is 9.90 Å². The van der Waals surface area contributed by atoms with Gasteiger partial charge in [0.2, 0.25) is 0 Å². The number of fused-ring (bicyclic) bond motifs is 2. The van der Waals surface area contributed by atoms with Crippen molar-refractivity contribution in [2.24, 2.45) is 5.92 Å². The number of halogens is 1. The summed E-state index contributed by atoms with van der Waals surface area (Å²) in [6.45, 7) is 5.80. The molecule has 146 valence electrons. The highest BCUT2D eigenvalue weighted by Gasteiger charge is 2.29. The Morgan fingerprint density at radius 3 is 3.00 bits per heavy atom. The zero-order valence-electron chi connectivity index (χ0n) is 15.7. The van der Waals surface area contributed by atoms with E-state index in [9.17, 15) is 9.59 Å². The number of hydrogen-bond donors (Lipinski definition) is 1. The Bertz CT molecular complexity index is 1140. The van der Waals surface area contributed by atoms with Gasteiger partial charge in [-0.15, -0.1) is 11.3 Å². The number of nitrogens with zero attached hydrogens (tertiary/aromatic N) is 1. The zero-order valence-corrected chi connectivity index (χ0v) is 17.2. The first-order valence-electron chi connectivity index (χ1n) is 8.95. The second-order valence-electron chi connectivity index (χ2n) is 6.96. The van der Waals surface area contributed by atoms with Crippen LogP contribution in [0.2, 0.25) is 5.02 Å². The van der Waals surface area contributed by atoms with E-state index in [0.717, 1.165) is 21.8 Å². The Morgan fingerprint density at radius 2 is 2.21 bits per heavy atom. The molecule has 1 aromatic carbocycles. The van der Waals surface area contributed by atoms with E-state index in [-0.39, 0.29) is 18.1 Å². The minimum Gasteiger partial charge on any atom is -0.492 e. The van der Waals surface area contributed by atoms with Crippen molar-refractivity contribution in [3.8, 4) is 5.75 Å². The first-order chi connectivity index (χ1) is 13.3. The summed E-state index contributed by atoms with van der Waals surface area (Å²) in [5, 5.41) is 1.19. The minimum atomic E-state index is -0.673. The maximum Gasteiger partial charge on any atom is 0.313 e. The number of H-pyrrole nitrogens is 1. The molecule has 0 amide bonds. The van der Waals surface area contributed by atoms with Gasteiger partial charge in [0.05, 0.1) is 11.3 Å². The Balaban J connectivity index is 1.52. The Kier molecular flexibility index (Phi) is 4.89. The molecule has 1 aliphatic heterocycles. The highest BCUT2D eigenvalue weighted by atomic mass is 35.5. The monoisotopic (exact) mass is 418 g/mol. The van der Waals surface area contributed by atoms with Crippen LogP contribution in [0.4, 0.5) is 0 Å². The number of rotatable bonds is 3. The van der Waals surface area contributed by atoms with Gasteiger partial charge in [0.1, 0.15) is 17.2 Å². The van der Waals surface area contributed by atoms with Gasteiger partial charge >= 0.3 is 5.97 Å². The lowest BCUT2D eigenvalue weighted by atomic mass is 9.97. The molecule has 0 saturated heterocycles. The number of benzene rings is 1. The smallest absolute Gasteiger partial charge is 0.313 e. The van der Waals surface area contributed by atoms with E-state index in [1.54, 1.807) is 25.1 Å². The molecule has 1 aliphatic rings. The molecule has 1 N–H and O–H groups in total. The number of aromatic amines is 1. The molecule has 28 heavy (non-hydrogen) atoms. The van der Waals surface area contributed by atoms with Gasteiger partial charge in [-0.25, -0.2) is 4.98 Å². The average molecular weight is 419 g/mol. The topological polar surface area (TPSA) is 81.3 Å². The van der Waals surface area contributed by atoms with Gasteiger partial charge in [-0.05, 0) is 56.5 Å². The zero-order chi connectivity index (χ0) is 20.0. The van der Waals surface area contributed by atoms with Crippen molar-refractivity contribution in [3.63, 3.8) is 0 Å². The largest absolute Gasteiger partial charge is 0.492 e. The van der Waals surface area contributed by atoms with Crippen molar-refractivity contribution in [3.05, 3.63) is 55.4 Å². The molecule has 8 heteroatoms. The fourth-order valence-corrected chi connectivity index (χ4v) is 4.54. The molecule has 3 aromatic rings. The molecule has 0 aliphatic carbocycles. The highest BCUT2D eigenvalue weighted by molar-refractivity contribution is 7.18. The number of nitrogens with one attached hydrogen (secondary N) is 1. The van der Waals surface area contributed by atoms with E-state index in [0.29, 0.717) is 27.5 Å². The molecule has 2 aromatic heterocycles. The van der Waals surface area contributed by atoms with Crippen LogP contribution >= 0.6 is 22.9 Å². The Morgan fingerprint density at radius 1 is 1.43 bits per heavy atom. The fourth-order valence-electron chi connectivity index (χ4n) is 3.30. The number of esters is 1. The molecule has 6 nitrogen and oxygen atoms in total. The van der Waals surface area contributed by atoms with Crippen molar-refractivity contribution in [2.45, 2.75) is 33.3 Å². The van der Waals surface area contributed by atoms with Crippen LogP contribution in [0.3, 0.4) is 0 Å². The first kappa shape index (κ1) is 19.0. The quantitative estimate of drug-likeness (QED) is 0.647. The van der Waals surface area contributed by atoms with Gasteiger partial charge in [0.25, 0.3) is 5.56 Å². The van der Waals surface area contributed by atoms with Crippen molar-refractivity contribution >= 4 is 39.1 Å². The summed E-state index contributed by atoms with van der Waals surface area (Å²) in [5.74, 6) is 0.253. The molecular weight excluding hydrogens is 400 g/mol. The molecule has 0 saturated carbocycles. The summed E-state index contributed by atoms with van der Waals surface area (Å²) in [6.07, 6.45) is -0.179. The van der Waals surface area contributed by atoms with Crippen molar-refractivity contribution < 1.29 is 14.3 Å². The molecule has 0 bridgehead atoms. The second kappa shape index (κ2) is 7.22. The average Bonchev–Trinajstić information content (AvgIpc) is 2.95. The van der Waals surface area contributed by atoms with E-state index >= 15 is 0 Å². The number of hydrogen-bond acceptors (Lipinski definition) is 6. The summed E-state index contributed by atoms with van der Waals surface area (Å²) in [7, 11) is 0. The van der Waals surface area contributed by atoms with Gasteiger partial charge in [-0.3, -0.25) is 9.59 Å². The number of ether oxygens (including phenoxy) is 2. The Labute approximate surface area is 170 Å². The van der Waals surface area contributed by atoms with Crippen molar-refractivity contribution in [1.29, 1.82) is 0 Å². The van der Waals surface area contributed by atoms with Crippen LogP contribution in [0.25, 0.3) is 10.2 Å². The van der Waals surface area contributed by atoms with Crippen LogP contribution in [0.1, 0.15) is 34.9 Å². The van der Waals surface area contributed by atoms with Crippen LogP contribution in [-0.4, -0.2) is 22.5 Å². The summed E-state index contributed by atoms with van der Waals surface area (Å²) in [6, 6.07) is 5.36. The molecule has 0 spiro atoms. The first-order valence-corrected chi connectivity index (χ1v) is 10.1. The third-order valence-electron chi connectivity index (χ3n) is 5.00. The maximum atomic E-state index is 12.6. The number of carbonyl (C=O) groups is 1. The second-order valence-corrected chi connectivity index (χ2v) is 8.60. The van der Waals surface area contributed by atoms with Gasteiger partial charge in [-0.2, -0.15) is 0 Å². The van der Waals surface area contributed by atoms with Crippen LogP contribution in [0, 0.1) is 19.8 Å². The number of carbonyl (C=O) groups excluding carboxylic acids is 1. The van der Waals surface area contributed by atoms with Crippen LogP contribution in [0.15, 0.2) is 23.0 Å². The fraction of sp³-hybridized carbons (Fsp3) is 0.350. The molecular formula is C20H19ClN2O4S. The predicted molar refractivity (Wildman–Crippen MR) is 108 cm³/mol. The summed E-state index contributed by atoms with van der Waals surface area (Å²) in [5.41, 5.74) is 1.60. The third kappa shape index (κ3) is 3.40. The maximum absolute atomic E-state index is 12.6. The lowest BCUT2D eigenvalue weighted by Crippen LogP contribution is -2.30. The van der Waals surface area contributed by atoms with Gasteiger partial charge in [-0.1, -0.05) is 11.6 Å².